The summed E-state index contributed by atoms with van der Waals surface area (Å²) in [4.78, 5) is 53.8. The summed E-state index contributed by atoms with van der Waals surface area (Å²) in [6, 6.07) is 5.80. The van der Waals surface area contributed by atoms with Crippen molar-refractivity contribution in [2.75, 3.05) is 33.4 Å². The topological polar surface area (TPSA) is 153 Å². The molecule has 0 radical (unpaired) electrons. The van der Waals surface area contributed by atoms with Gasteiger partial charge >= 0.3 is 11.9 Å². The number of aromatic carboxylic acids is 2. The van der Waals surface area contributed by atoms with Crippen molar-refractivity contribution in [1.82, 2.24) is 19.0 Å². The molecule has 3 heterocycles. The lowest BCUT2D eigenvalue weighted by atomic mass is 10.1. The highest BCUT2D eigenvalue weighted by Gasteiger charge is 2.19. The van der Waals surface area contributed by atoms with Crippen LogP contribution in [0.5, 0.6) is 11.6 Å². The van der Waals surface area contributed by atoms with E-state index in [1.807, 2.05) is 18.9 Å². The number of carbonyl (C=O) groups is 2. The van der Waals surface area contributed by atoms with Crippen LogP contribution in [0.3, 0.4) is 0 Å². The lowest BCUT2D eigenvalue weighted by molar-refractivity contribution is 0.0684. The van der Waals surface area contributed by atoms with Crippen LogP contribution in [0.15, 0.2) is 46.2 Å². The Bertz CT molecular complexity index is 1760. The van der Waals surface area contributed by atoms with Crippen molar-refractivity contribution >= 4 is 33.9 Å². The molecule has 0 unspecified atom stereocenters. The van der Waals surface area contributed by atoms with E-state index in [4.69, 9.17) is 9.47 Å². The van der Waals surface area contributed by atoms with E-state index in [2.05, 4.69) is 4.98 Å². The number of pyridine rings is 3. The molecule has 4 aromatic rings. The summed E-state index contributed by atoms with van der Waals surface area (Å²) >= 11 is 0. The maximum absolute atomic E-state index is 14.7. The highest BCUT2D eigenvalue weighted by atomic mass is 19.1. The first-order valence-electron chi connectivity index (χ1n) is 12.9. The van der Waals surface area contributed by atoms with Crippen molar-refractivity contribution in [1.29, 1.82) is 0 Å². The standard InChI is InChI=1S/C28H29FN4O8/c1-4-32-14-19(27(36)37)23(34)17-7-6-16(12-22(17)32)40-10-8-31(3)9-11-41-26-21(29)13-18-24(35)20(28(38)39)15-33(5-2)25(18)30-26/h6-7,12-15H,4-5,8-11H2,1-3H3,(H,36,37)(H,38,39). The second kappa shape index (κ2) is 12.2. The third-order valence-corrected chi connectivity index (χ3v) is 6.62. The van der Waals surface area contributed by atoms with Gasteiger partial charge in [0.05, 0.1) is 10.9 Å². The number of rotatable bonds is 12. The number of benzene rings is 1. The Morgan fingerprint density at radius 3 is 2.10 bits per heavy atom. The van der Waals surface area contributed by atoms with Crippen LogP contribution in [0.25, 0.3) is 21.9 Å². The number of halogens is 1. The van der Waals surface area contributed by atoms with E-state index in [0.717, 1.165) is 6.07 Å². The number of ether oxygens (including phenoxy) is 2. The predicted octanol–water partition coefficient (Wildman–Crippen LogP) is 2.68. The Balaban J connectivity index is 1.37. The normalized spacial score (nSPS) is 11.3. The Hall–Kier alpha value is -4.78. The van der Waals surface area contributed by atoms with Crippen molar-refractivity contribution in [3.8, 4) is 11.6 Å². The van der Waals surface area contributed by atoms with Gasteiger partial charge in [-0.1, -0.05) is 0 Å². The minimum Gasteiger partial charge on any atom is -0.492 e. The van der Waals surface area contributed by atoms with E-state index in [1.165, 1.54) is 17.0 Å². The molecule has 4 rings (SSSR count). The van der Waals surface area contributed by atoms with Gasteiger partial charge in [0.2, 0.25) is 10.9 Å². The molecule has 2 N–H and O–H groups in total. The lowest BCUT2D eigenvalue weighted by Gasteiger charge is -2.18. The molecule has 12 nitrogen and oxygen atoms in total. The fourth-order valence-electron chi connectivity index (χ4n) is 4.37. The molecular weight excluding hydrogens is 539 g/mol. The molecule has 0 bridgehead atoms. The first-order valence-corrected chi connectivity index (χ1v) is 12.9. The summed E-state index contributed by atoms with van der Waals surface area (Å²) in [5.41, 5.74) is -1.42. The number of nitrogens with zero attached hydrogens (tertiary/aromatic N) is 4. The Kier molecular flexibility index (Phi) is 8.67. The Labute approximate surface area is 232 Å². The molecule has 0 saturated carbocycles. The van der Waals surface area contributed by atoms with Gasteiger partial charge in [0.1, 0.15) is 35.7 Å². The lowest BCUT2D eigenvalue weighted by Crippen LogP contribution is -2.29. The predicted molar refractivity (Wildman–Crippen MR) is 148 cm³/mol. The molecule has 0 spiro atoms. The van der Waals surface area contributed by atoms with Crippen LogP contribution in [0.4, 0.5) is 4.39 Å². The fraction of sp³-hybridized carbons (Fsp3) is 0.321. The number of likely N-dealkylation sites (N-methyl/N-ethyl adjacent to an activating group) is 1. The van der Waals surface area contributed by atoms with E-state index in [1.54, 1.807) is 29.7 Å². The zero-order chi connectivity index (χ0) is 29.8. The molecule has 3 aromatic heterocycles. The van der Waals surface area contributed by atoms with E-state index in [0.29, 0.717) is 49.4 Å². The highest BCUT2D eigenvalue weighted by Crippen LogP contribution is 2.21. The number of aromatic nitrogens is 3. The van der Waals surface area contributed by atoms with Crippen molar-refractivity contribution < 1.29 is 33.7 Å². The van der Waals surface area contributed by atoms with Crippen molar-refractivity contribution in [2.45, 2.75) is 26.9 Å². The van der Waals surface area contributed by atoms with Gasteiger partial charge in [-0.05, 0) is 39.1 Å². The minimum atomic E-state index is -1.40. The van der Waals surface area contributed by atoms with E-state index >= 15 is 0 Å². The van der Waals surface area contributed by atoms with E-state index < -0.39 is 34.2 Å². The highest BCUT2D eigenvalue weighted by molar-refractivity contribution is 5.93. The quantitative estimate of drug-likeness (QED) is 0.261. The van der Waals surface area contributed by atoms with Crippen LogP contribution < -0.4 is 20.3 Å². The van der Waals surface area contributed by atoms with E-state index in [-0.39, 0.29) is 29.1 Å². The molecule has 0 fully saturated rings. The first-order chi connectivity index (χ1) is 19.5. The van der Waals surface area contributed by atoms with Crippen LogP contribution in [0, 0.1) is 5.82 Å². The summed E-state index contributed by atoms with van der Waals surface area (Å²) < 4.78 is 29.2. The largest absolute Gasteiger partial charge is 0.492 e. The van der Waals surface area contributed by atoms with Gasteiger partial charge in [-0.3, -0.25) is 14.5 Å². The van der Waals surface area contributed by atoms with Crippen LogP contribution in [-0.4, -0.2) is 74.5 Å². The van der Waals surface area contributed by atoms with Gasteiger partial charge in [-0.2, -0.15) is 4.98 Å². The number of carboxylic acid groups (broad SMARTS) is 2. The first kappa shape index (κ1) is 29.2. The average Bonchev–Trinajstić information content (AvgIpc) is 2.94. The zero-order valence-electron chi connectivity index (χ0n) is 22.7. The summed E-state index contributed by atoms with van der Waals surface area (Å²) in [6.07, 6.45) is 2.51. The fourth-order valence-corrected chi connectivity index (χ4v) is 4.37. The molecule has 0 aliphatic heterocycles. The van der Waals surface area contributed by atoms with Crippen LogP contribution in [0.2, 0.25) is 0 Å². The molecule has 1 aromatic carbocycles. The molecule has 0 atom stereocenters. The molecular formula is C28H29FN4O8. The molecule has 41 heavy (non-hydrogen) atoms. The molecule has 0 aliphatic carbocycles. The van der Waals surface area contributed by atoms with Gasteiger partial charge in [0.25, 0.3) is 5.88 Å². The third-order valence-electron chi connectivity index (χ3n) is 6.62. The van der Waals surface area contributed by atoms with Gasteiger partial charge in [0.15, 0.2) is 5.82 Å². The molecule has 0 amide bonds. The maximum atomic E-state index is 14.7. The SMILES string of the molecule is CCn1cc(C(=O)O)c(=O)c2ccc(OCCN(C)CCOc3nc4c(cc3F)c(=O)c(C(=O)O)cn4CC)cc21. The molecule has 0 aliphatic rings. The summed E-state index contributed by atoms with van der Waals surface area (Å²) in [6.45, 7) is 5.63. The Morgan fingerprint density at radius 2 is 1.49 bits per heavy atom. The number of hydrogen-bond donors (Lipinski definition) is 2. The van der Waals surface area contributed by atoms with Gasteiger partial charge in [-0.25, -0.2) is 14.0 Å². The smallest absolute Gasteiger partial charge is 0.341 e. The van der Waals surface area contributed by atoms with Gasteiger partial charge < -0.3 is 28.8 Å². The third kappa shape index (κ3) is 6.04. The van der Waals surface area contributed by atoms with Crippen molar-refractivity contribution in [3.63, 3.8) is 0 Å². The zero-order valence-corrected chi connectivity index (χ0v) is 22.7. The van der Waals surface area contributed by atoms with Crippen LogP contribution in [-0.2, 0) is 13.1 Å². The molecule has 13 heteroatoms. The second-order valence-corrected chi connectivity index (χ2v) is 9.25. The summed E-state index contributed by atoms with van der Waals surface area (Å²) in [5, 5.41) is 18.7. The van der Waals surface area contributed by atoms with Crippen molar-refractivity contribution in [2.24, 2.45) is 0 Å². The Morgan fingerprint density at radius 1 is 0.902 bits per heavy atom. The molecule has 216 valence electrons. The summed E-state index contributed by atoms with van der Waals surface area (Å²) in [7, 11) is 1.82. The monoisotopic (exact) mass is 568 g/mol. The minimum absolute atomic E-state index is 0.0835. The second-order valence-electron chi connectivity index (χ2n) is 9.25. The van der Waals surface area contributed by atoms with Gasteiger partial charge in [0, 0.05) is 50.0 Å². The van der Waals surface area contributed by atoms with Crippen LogP contribution >= 0.6 is 0 Å². The average molecular weight is 569 g/mol. The van der Waals surface area contributed by atoms with E-state index in [9.17, 15) is 33.8 Å². The maximum Gasteiger partial charge on any atom is 0.341 e. The van der Waals surface area contributed by atoms with Crippen molar-refractivity contribution in [3.05, 3.63) is 74.0 Å². The number of hydrogen-bond acceptors (Lipinski definition) is 8. The molecule has 0 saturated heterocycles. The number of fused-ring (bicyclic) bond motifs is 2. The number of aryl methyl sites for hydroxylation is 2. The summed E-state index contributed by atoms with van der Waals surface area (Å²) in [5.74, 6) is -3.33. The van der Waals surface area contributed by atoms with Crippen LogP contribution in [0.1, 0.15) is 34.6 Å². The number of carboxylic acids is 2. The van der Waals surface area contributed by atoms with Gasteiger partial charge in [-0.15, -0.1) is 0 Å².